The van der Waals surface area contributed by atoms with E-state index in [1.165, 1.54) is 25.0 Å². The van der Waals surface area contributed by atoms with E-state index in [0.29, 0.717) is 23.0 Å². The maximum absolute atomic E-state index is 14.2. The number of halogens is 2. The number of aromatic nitrogens is 5. The van der Waals surface area contributed by atoms with Crippen LogP contribution in [0.15, 0.2) is 39.7 Å². The summed E-state index contributed by atoms with van der Waals surface area (Å²) in [7, 11) is 2.98. The van der Waals surface area contributed by atoms with Gasteiger partial charge in [-0.2, -0.15) is 4.98 Å². The van der Waals surface area contributed by atoms with Crippen LogP contribution in [0.2, 0.25) is 5.02 Å². The van der Waals surface area contributed by atoms with Crippen molar-refractivity contribution >= 4 is 11.6 Å². The van der Waals surface area contributed by atoms with Crippen molar-refractivity contribution in [2.75, 3.05) is 14.2 Å². The number of rotatable bonds is 7. The van der Waals surface area contributed by atoms with Gasteiger partial charge < -0.3 is 19.0 Å². The monoisotopic (exact) mass is 513 g/mol. The number of methoxy groups -OCH3 is 2. The smallest absolute Gasteiger partial charge is 0.289 e. The molecular weight excluding hydrogens is 493 g/mol. The molecule has 0 saturated heterocycles. The Bertz CT molecular complexity index is 1480. The number of hydrogen-bond acceptors (Lipinski definition) is 9. The zero-order valence-corrected chi connectivity index (χ0v) is 20.1. The molecule has 0 aliphatic heterocycles. The maximum Gasteiger partial charge on any atom is 0.289 e. The Morgan fingerprint density at radius 1 is 1.22 bits per heavy atom. The number of nitrogens with zero attached hydrogens (tertiary/aromatic N) is 5. The molecule has 5 rings (SSSR count). The number of ether oxygens (including phenoxy) is 2. The van der Waals surface area contributed by atoms with Gasteiger partial charge in [-0.05, 0) is 31.0 Å². The SMILES string of the molecule is COc1cccc(OC)c1-n1c(C2CCC2)nc(=O)c(-c2nnc(Cc3ncc(Cl)cc3F)o2)c1O. The van der Waals surface area contributed by atoms with Crippen LogP contribution in [0.25, 0.3) is 17.1 Å². The summed E-state index contributed by atoms with van der Waals surface area (Å²) >= 11 is 5.75. The Morgan fingerprint density at radius 3 is 2.56 bits per heavy atom. The molecule has 0 radical (unpaired) electrons. The Kier molecular flexibility index (Phi) is 6.31. The highest BCUT2D eigenvalue weighted by Crippen LogP contribution is 2.43. The first-order chi connectivity index (χ1) is 17.4. The first-order valence-corrected chi connectivity index (χ1v) is 11.5. The molecule has 12 heteroatoms. The number of benzene rings is 1. The quantitative estimate of drug-likeness (QED) is 0.389. The number of aromatic hydroxyl groups is 1. The normalized spacial score (nSPS) is 13.4. The van der Waals surface area contributed by atoms with Gasteiger partial charge in [-0.25, -0.2) is 4.39 Å². The van der Waals surface area contributed by atoms with E-state index in [9.17, 15) is 14.3 Å². The van der Waals surface area contributed by atoms with Crippen molar-refractivity contribution in [1.82, 2.24) is 24.7 Å². The van der Waals surface area contributed by atoms with Gasteiger partial charge in [0.25, 0.3) is 11.4 Å². The third kappa shape index (κ3) is 4.15. The molecule has 1 aliphatic carbocycles. The number of hydrogen-bond donors (Lipinski definition) is 1. The third-order valence-electron chi connectivity index (χ3n) is 6.07. The van der Waals surface area contributed by atoms with Crippen LogP contribution in [0.4, 0.5) is 4.39 Å². The molecule has 10 nitrogen and oxygen atoms in total. The second-order valence-corrected chi connectivity index (χ2v) is 8.64. The van der Waals surface area contributed by atoms with E-state index in [2.05, 4.69) is 20.2 Å². The van der Waals surface area contributed by atoms with Gasteiger partial charge in [0.15, 0.2) is 5.56 Å². The van der Waals surface area contributed by atoms with Gasteiger partial charge in [-0.15, -0.1) is 10.2 Å². The Balaban J connectivity index is 1.65. The predicted molar refractivity (Wildman–Crippen MR) is 126 cm³/mol. The topological polar surface area (TPSA) is 125 Å². The molecule has 0 spiro atoms. The van der Waals surface area contributed by atoms with Gasteiger partial charge in [0.1, 0.15) is 28.8 Å². The molecule has 0 unspecified atom stereocenters. The average molecular weight is 514 g/mol. The third-order valence-corrected chi connectivity index (χ3v) is 6.28. The highest BCUT2D eigenvalue weighted by Gasteiger charge is 2.32. The molecule has 4 aromatic rings. The van der Waals surface area contributed by atoms with Crippen molar-refractivity contribution in [3.05, 3.63) is 69.1 Å². The standard InChI is InChI=1S/C24H21ClFN5O5/c1-34-16-7-4-8-17(35-2)20(16)31-21(12-5-3-6-12)28-22(32)19(24(31)33)23-30-29-18(36-23)10-15-14(26)9-13(25)11-27-15/h4,7-9,11-12,33H,3,5-6,10H2,1-2H3. The average Bonchev–Trinajstić information content (AvgIpc) is 3.27. The fraction of sp³-hybridized carbons (Fsp3) is 0.292. The molecule has 0 atom stereocenters. The van der Waals surface area contributed by atoms with Crippen molar-refractivity contribution in [2.45, 2.75) is 31.6 Å². The minimum atomic E-state index is -0.731. The first kappa shape index (κ1) is 23.7. The zero-order valence-electron chi connectivity index (χ0n) is 19.4. The summed E-state index contributed by atoms with van der Waals surface area (Å²) in [6, 6.07) is 6.28. The minimum Gasteiger partial charge on any atom is -0.494 e. The lowest BCUT2D eigenvalue weighted by Crippen LogP contribution is -2.25. The van der Waals surface area contributed by atoms with Gasteiger partial charge in [0, 0.05) is 12.1 Å². The molecule has 0 amide bonds. The molecule has 1 saturated carbocycles. The molecular formula is C24H21ClFN5O5. The highest BCUT2D eigenvalue weighted by molar-refractivity contribution is 6.30. The Labute approximate surface area is 209 Å². The van der Waals surface area contributed by atoms with Crippen molar-refractivity contribution < 1.29 is 23.4 Å². The van der Waals surface area contributed by atoms with Gasteiger partial charge in [0.2, 0.25) is 11.8 Å². The molecule has 1 fully saturated rings. The van der Waals surface area contributed by atoms with E-state index < -0.39 is 17.3 Å². The fourth-order valence-electron chi connectivity index (χ4n) is 4.07. The molecule has 36 heavy (non-hydrogen) atoms. The maximum atomic E-state index is 14.2. The van der Waals surface area contributed by atoms with Crippen LogP contribution in [-0.2, 0) is 6.42 Å². The number of pyridine rings is 1. The van der Waals surface area contributed by atoms with E-state index in [-0.39, 0.29) is 40.4 Å². The van der Waals surface area contributed by atoms with Gasteiger partial charge in [-0.3, -0.25) is 14.3 Å². The summed E-state index contributed by atoms with van der Waals surface area (Å²) in [5.74, 6) is -0.228. The van der Waals surface area contributed by atoms with Crippen LogP contribution in [0.5, 0.6) is 17.4 Å². The van der Waals surface area contributed by atoms with Gasteiger partial charge in [-0.1, -0.05) is 24.1 Å². The summed E-state index contributed by atoms with van der Waals surface area (Å²) in [4.78, 5) is 21.3. The largest absolute Gasteiger partial charge is 0.494 e. The summed E-state index contributed by atoms with van der Waals surface area (Å²) in [6.45, 7) is 0. The molecule has 1 aromatic carbocycles. The van der Waals surface area contributed by atoms with E-state index in [4.69, 9.17) is 25.5 Å². The van der Waals surface area contributed by atoms with Crippen LogP contribution in [0, 0.1) is 5.82 Å². The predicted octanol–water partition coefficient (Wildman–Crippen LogP) is 4.05. The molecule has 3 aromatic heterocycles. The summed E-state index contributed by atoms with van der Waals surface area (Å²) < 4.78 is 32.3. The molecule has 1 N–H and O–H groups in total. The van der Waals surface area contributed by atoms with Crippen LogP contribution in [0.1, 0.15) is 42.6 Å². The van der Waals surface area contributed by atoms with Crippen molar-refractivity contribution in [2.24, 2.45) is 0 Å². The lowest BCUT2D eigenvalue weighted by atomic mass is 9.84. The first-order valence-electron chi connectivity index (χ1n) is 11.1. The Morgan fingerprint density at radius 2 is 1.94 bits per heavy atom. The van der Waals surface area contributed by atoms with Crippen LogP contribution >= 0.6 is 11.6 Å². The second kappa shape index (κ2) is 9.57. The molecule has 0 bridgehead atoms. The van der Waals surface area contributed by atoms with Crippen LogP contribution in [-0.4, -0.2) is 44.1 Å². The van der Waals surface area contributed by atoms with Crippen molar-refractivity contribution in [3.63, 3.8) is 0 Å². The van der Waals surface area contributed by atoms with E-state index in [0.717, 1.165) is 25.3 Å². The fourth-order valence-corrected chi connectivity index (χ4v) is 4.21. The lowest BCUT2D eigenvalue weighted by Gasteiger charge is -2.29. The lowest BCUT2D eigenvalue weighted by molar-refractivity contribution is 0.356. The van der Waals surface area contributed by atoms with Gasteiger partial charge in [0.05, 0.1) is 31.4 Å². The van der Waals surface area contributed by atoms with E-state index >= 15 is 0 Å². The second-order valence-electron chi connectivity index (χ2n) is 8.21. The summed E-state index contributed by atoms with van der Waals surface area (Å²) in [5.41, 5.74) is -0.615. The van der Waals surface area contributed by atoms with Crippen molar-refractivity contribution in [1.29, 1.82) is 0 Å². The molecule has 186 valence electrons. The van der Waals surface area contributed by atoms with Crippen LogP contribution < -0.4 is 15.0 Å². The van der Waals surface area contributed by atoms with E-state index in [1.807, 2.05) is 0 Å². The molecule has 1 aliphatic rings. The zero-order chi connectivity index (χ0) is 25.4. The van der Waals surface area contributed by atoms with Crippen molar-refractivity contribution in [3.8, 4) is 34.5 Å². The number of para-hydroxylation sites is 1. The Hall–Kier alpha value is -3.99. The minimum absolute atomic E-state index is 0.0120. The summed E-state index contributed by atoms with van der Waals surface area (Å²) in [5, 5.41) is 19.4. The summed E-state index contributed by atoms with van der Waals surface area (Å²) in [6.07, 6.45) is 3.76. The van der Waals surface area contributed by atoms with Crippen LogP contribution in [0.3, 0.4) is 0 Å². The molecule has 3 heterocycles. The van der Waals surface area contributed by atoms with Gasteiger partial charge >= 0.3 is 0 Å². The van der Waals surface area contributed by atoms with E-state index in [1.54, 1.807) is 18.2 Å². The highest BCUT2D eigenvalue weighted by atomic mass is 35.5.